The first kappa shape index (κ1) is 21.0. The Hall–Kier alpha value is -1.92. The first-order valence-electron chi connectivity index (χ1n) is 10.8. The highest BCUT2D eigenvalue weighted by Crippen LogP contribution is 2.49. The minimum absolute atomic E-state index is 0.00587. The number of hydrogen-bond acceptors (Lipinski definition) is 4. The van der Waals surface area contributed by atoms with E-state index in [9.17, 15) is 4.79 Å². The van der Waals surface area contributed by atoms with Gasteiger partial charge in [-0.2, -0.15) is 0 Å². The van der Waals surface area contributed by atoms with E-state index >= 15 is 0 Å². The molecule has 164 valence electrons. The Morgan fingerprint density at radius 2 is 1.87 bits per heavy atom. The predicted molar refractivity (Wildman–Crippen MR) is 122 cm³/mol. The molecule has 5 nitrogen and oxygen atoms in total. The molecule has 1 saturated carbocycles. The lowest BCUT2D eigenvalue weighted by Crippen LogP contribution is -2.50. The smallest absolute Gasteiger partial charge is 0.263 e. The molecule has 5 rings (SSSR count). The summed E-state index contributed by atoms with van der Waals surface area (Å²) in [4.78, 5) is 15.4. The summed E-state index contributed by atoms with van der Waals surface area (Å²) in [6, 6.07) is 9.55. The van der Waals surface area contributed by atoms with Crippen molar-refractivity contribution < 1.29 is 19.0 Å². The maximum Gasteiger partial charge on any atom is 0.263 e. The van der Waals surface area contributed by atoms with Gasteiger partial charge in [-0.3, -0.25) is 4.79 Å². The monoisotopic (exact) mass is 505 g/mol. The lowest BCUT2D eigenvalue weighted by atomic mass is 9.73. The van der Waals surface area contributed by atoms with Gasteiger partial charge in [-0.15, -0.1) is 0 Å². The third-order valence-electron chi connectivity index (χ3n) is 6.61. The fourth-order valence-electron chi connectivity index (χ4n) is 5.17. The average molecular weight is 507 g/mol. The van der Waals surface area contributed by atoms with Gasteiger partial charge < -0.3 is 19.1 Å². The van der Waals surface area contributed by atoms with Crippen molar-refractivity contribution in [2.75, 3.05) is 19.8 Å². The maximum atomic E-state index is 13.4. The molecule has 2 aromatic carbocycles. The minimum Gasteiger partial charge on any atom is -0.486 e. The molecule has 7 heteroatoms. The number of carbonyl (C=O) groups is 1. The van der Waals surface area contributed by atoms with Crippen molar-refractivity contribution in [3.05, 3.63) is 51.0 Å². The highest BCUT2D eigenvalue weighted by atomic mass is 79.9. The molecule has 1 spiro atoms. The van der Waals surface area contributed by atoms with Crippen molar-refractivity contribution in [1.29, 1.82) is 0 Å². The van der Waals surface area contributed by atoms with Gasteiger partial charge in [0.05, 0.1) is 4.47 Å². The van der Waals surface area contributed by atoms with E-state index in [2.05, 4.69) is 28.1 Å². The standard InChI is InChI=1S/C24H25BrClNO4/c1-15(31-20-5-4-17(26)11-19(20)25)23(28)27-13-16-10-21-22(30-9-8-29-21)12-18(16)24(14-27)6-2-3-7-24/h4-5,10-12,15H,2-3,6-9,13-14H2,1H3. The molecule has 1 aliphatic carbocycles. The van der Waals surface area contributed by atoms with E-state index in [0.29, 0.717) is 37.1 Å². The number of fused-ring (bicyclic) bond motifs is 3. The van der Waals surface area contributed by atoms with Crippen LogP contribution in [0.3, 0.4) is 0 Å². The van der Waals surface area contributed by atoms with Crippen LogP contribution in [0.15, 0.2) is 34.8 Å². The highest BCUT2D eigenvalue weighted by Gasteiger charge is 2.44. The van der Waals surface area contributed by atoms with Crippen molar-refractivity contribution in [2.24, 2.45) is 0 Å². The molecule has 0 bridgehead atoms. The van der Waals surface area contributed by atoms with Crippen LogP contribution in [0.25, 0.3) is 0 Å². The Kier molecular flexibility index (Phi) is 5.55. The second-order valence-corrected chi connectivity index (χ2v) is 9.96. The topological polar surface area (TPSA) is 48.0 Å². The van der Waals surface area contributed by atoms with Gasteiger partial charge in [0, 0.05) is 23.5 Å². The van der Waals surface area contributed by atoms with Crippen molar-refractivity contribution in [3.8, 4) is 17.2 Å². The van der Waals surface area contributed by atoms with Gasteiger partial charge in [-0.1, -0.05) is 24.4 Å². The van der Waals surface area contributed by atoms with E-state index < -0.39 is 6.10 Å². The Balaban J connectivity index is 1.42. The summed E-state index contributed by atoms with van der Waals surface area (Å²) in [6.07, 6.45) is 3.93. The lowest BCUT2D eigenvalue weighted by molar-refractivity contribution is -0.140. The Bertz CT molecular complexity index is 1020. The van der Waals surface area contributed by atoms with Gasteiger partial charge in [0.15, 0.2) is 17.6 Å². The second-order valence-electron chi connectivity index (χ2n) is 8.67. The summed E-state index contributed by atoms with van der Waals surface area (Å²) >= 11 is 9.49. The Morgan fingerprint density at radius 1 is 1.16 bits per heavy atom. The van der Waals surface area contributed by atoms with Gasteiger partial charge in [0.25, 0.3) is 5.91 Å². The number of rotatable bonds is 3. The molecule has 0 aromatic heterocycles. The molecule has 2 aromatic rings. The summed E-state index contributed by atoms with van der Waals surface area (Å²) in [7, 11) is 0. The van der Waals surface area contributed by atoms with E-state index in [1.807, 2.05) is 11.8 Å². The van der Waals surface area contributed by atoms with E-state index in [1.54, 1.807) is 18.2 Å². The normalized spacial score (nSPS) is 19.8. The van der Waals surface area contributed by atoms with E-state index in [1.165, 1.54) is 18.4 Å². The van der Waals surface area contributed by atoms with Crippen molar-refractivity contribution in [3.63, 3.8) is 0 Å². The predicted octanol–water partition coefficient (Wildman–Crippen LogP) is 5.50. The number of amides is 1. The maximum absolute atomic E-state index is 13.4. The molecule has 0 saturated heterocycles. The number of ether oxygens (including phenoxy) is 3. The Morgan fingerprint density at radius 3 is 2.58 bits per heavy atom. The quantitative estimate of drug-likeness (QED) is 0.552. The van der Waals surface area contributed by atoms with Crippen LogP contribution in [0.2, 0.25) is 5.02 Å². The highest BCUT2D eigenvalue weighted by molar-refractivity contribution is 9.10. The van der Waals surface area contributed by atoms with Crippen molar-refractivity contribution in [1.82, 2.24) is 4.90 Å². The van der Waals surface area contributed by atoms with Crippen LogP contribution < -0.4 is 14.2 Å². The summed E-state index contributed by atoms with van der Waals surface area (Å²) in [6.45, 7) is 4.22. The average Bonchev–Trinajstić information content (AvgIpc) is 3.22. The molecule has 1 atom stereocenters. The van der Waals surface area contributed by atoms with E-state index in [0.717, 1.165) is 34.4 Å². The number of hydrogen-bond donors (Lipinski definition) is 0. The largest absolute Gasteiger partial charge is 0.486 e. The molecule has 0 radical (unpaired) electrons. The summed E-state index contributed by atoms with van der Waals surface area (Å²) in [5.41, 5.74) is 2.47. The molecule has 31 heavy (non-hydrogen) atoms. The van der Waals surface area contributed by atoms with Gasteiger partial charge in [-0.05, 0) is 77.2 Å². The van der Waals surface area contributed by atoms with Crippen molar-refractivity contribution >= 4 is 33.4 Å². The summed E-state index contributed by atoms with van der Waals surface area (Å²) < 4.78 is 18.4. The minimum atomic E-state index is -0.602. The van der Waals surface area contributed by atoms with Gasteiger partial charge in [-0.25, -0.2) is 0 Å². The van der Waals surface area contributed by atoms with Crippen LogP contribution in [0.5, 0.6) is 17.2 Å². The lowest BCUT2D eigenvalue weighted by Gasteiger charge is -2.43. The van der Waals surface area contributed by atoms with E-state index in [4.69, 9.17) is 25.8 Å². The molecule has 1 fully saturated rings. The fraction of sp³-hybridized carbons (Fsp3) is 0.458. The molecule has 3 aliphatic rings. The zero-order chi connectivity index (χ0) is 21.6. The first-order chi connectivity index (χ1) is 14.9. The van der Waals surface area contributed by atoms with Crippen LogP contribution in [0.4, 0.5) is 0 Å². The fourth-order valence-corrected chi connectivity index (χ4v) is 5.95. The van der Waals surface area contributed by atoms with Crippen LogP contribution >= 0.6 is 27.5 Å². The Labute approximate surface area is 195 Å². The van der Waals surface area contributed by atoms with Crippen LogP contribution in [0, 0.1) is 0 Å². The zero-order valence-corrected chi connectivity index (χ0v) is 19.8. The molecule has 2 aliphatic heterocycles. The summed E-state index contributed by atoms with van der Waals surface area (Å²) in [5.74, 6) is 2.22. The third-order valence-corrected chi connectivity index (χ3v) is 7.47. The third kappa shape index (κ3) is 3.89. The SMILES string of the molecule is CC(Oc1ccc(Cl)cc1Br)C(=O)N1Cc2cc3c(cc2C2(CCCC2)C1)OCCO3. The van der Waals surface area contributed by atoms with Gasteiger partial charge >= 0.3 is 0 Å². The molecule has 2 heterocycles. The van der Waals surface area contributed by atoms with E-state index in [-0.39, 0.29) is 11.3 Å². The number of carbonyl (C=O) groups excluding carboxylic acids is 1. The molecular weight excluding hydrogens is 482 g/mol. The first-order valence-corrected chi connectivity index (χ1v) is 12.0. The second kappa shape index (κ2) is 8.21. The molecule has 1 unspecified atom stereocenters. The van der Waals surface area contributed by atoms with Crippen molar-refractivity contribution in [2.45, 2.75) is 50.7 Å². The number of nitrogens with zero attached hydrogens (tertiary/aromatic N) is 1. The molecule has 0 N–H and O–H groups in total. The van der Waals surface area contributed by atoms with Gasteiger partial charge in [0.2, 0.25) is 0 Å². The molecular formula is C24H25BrClNO4. The zero-order valence-electron chi connectivity index (χ0n) is 17.5. The number of halogens is 2. The van der Waals surface area contributed by atoms with Gasteiger partial charge in [0.1, 0.15) is 19.0 Å². The van der Waals surface area contributed by atoms with Crippen LogP contribution in [0.1, 0.15) is 43.7 Å². The number of benzene rings is 2. The van der Waals surface area contributed by atoms with Crippen LogP contribution in [-0.4, -0.2) is 36.7 Å². The molecule has 1 amide bonds. The van der Waals surface area contributed by atoms with Crippen LogP contribution in [-0.2, 0) is 16.8 Å². The summed E-state index contributed by atoms with van der Waals surface area (Å²) in [5, 5.41) is 0.614.